The van der Waals surface area contributed by atoms with Crippen LogP contribution < -0.4 is 11.1 Å². The largest absolute Gasteiger partial charge is 0.455 e. The van der Waals surface area contributed by atoms with E-state index in [1.807, 2.05) is 26.0 Å². The molecule has 2 aromatic heterocycles. The molecule has 0 saturated carbocycles. The molecule has 2 aromatic carbocycles. The van der Waals surface area contributed by atoms with Crippen molar-refractivity contribution in [1.29, 1.82) is 0 Å². The van der Waals surface area contributed by atoms with E-state index in [4.69, 9.17) is 13.6 Å². The van der Waals surface area contributed by atoms with Crippen molar-refractivity contribution < 1.29 is 18.4 Å². The number of ether oxygens (including phenoxy) is 1. The number of carbonyl (C=O) groups is 1. The fraction of sp³-hybridized carbons (Fsp3) is 0.136. The zero-order chi connectivity index (χ0) is 19.8. The number of benzene rings is 2. The van der Waals surface area contributed by atoms with Gasteiger partial charge in [-0.15, -0.1) is 0 Å². The second kappa shape index (κ2) is 6.81. The third-order valence-electron chi connectivity index (χ3n) is 4.71. The Hall–Kier alpha value is -3.67. The van der Waals surface area contributed by atoms with Crippen LogP contribution in [0.1, 0.15) is 27.2 Å². The van der Waals surface area contributed by atoms with Gasteiger partial charge in [-0.05, 0) is 37.1 Å². The molecular weight excluding hydrogens is 360 g/mol. The Balaban J connectivity index is 1.67. The molecule has 0 aliphatic heterocycles. The summed E-state index contributed by atoms with van der Waals surface area (Å²) < 4.78 is 16.1. The van der Waals surface area contributed by atoms with Gasteiger partial charge in [0, 0.05) is 23.1 Å². The van der Waals surface area contributed by atoms with Crippen molar-refractivity contribution in [2.75, 3.05) is 0 Å². The molecule has 140 valence electrons. The predicted molar refractivity (Wildman–Crippen MR) is 104 cm³/mol. The minimum atomic E-state index is -0.784. The number of fused-ring (bicyclic) bond motifs is 2. The van der Waals surface area contributed by atoms with E-state index in [1.165, 1.54) is 6.07 Å². The second-order valence-corrected chi connectivity index (χ2v) is 6.52. The molecule has 0 radical (unpaired) electrons. The van der Waals surface area contributed by atoms with Crippen molar-refractivity contribution in [2.45, 2.75) is 20.5 Å². The molecule has 6 heteroatoms. The van der Waals surface area contributed by atoms with Crippen LogP contribution in [0.15, 0.2) is 67.0 Å². The van der Waals surface area contributed by atoms with E-state index in [0.29, 0.717) is 27.5 Å². The summed E-state index contributed by atoms with van der Waals surface area (Å²) in [6.45, 7) is 3.63. The summed E-state index contributed by atoms with van der Waals surface area (Å²) in [4.78, 5) is 36.5. The first-order valence-electron chi connectivity index (χ1n) is 8.67. The maximum atomic E-state index is 12.4. The summed E-state index contributed by atoms with van der Waals surface area (Å²) >= 11 is 0. The average molecular weight is 376 g/mol. The summed E-state index contributed by atoms with van der Waals surface area (Å²) in [5.74, 6) is -0.976. The van der Waals surface area contributed by atoms with Gasteiger partial charge in [-0.2, -0.15) is 0 Å². The molecule has 4 aromatic rings. The molecular formula is C22H16O6. The topological polar surface area (TPSA) is 86.7 Å². The third-order valence-corrected chi connectivity index (χ3v) is 4.71. The van der Waals surface area contributed by atoms with E-state index >= 15 is 0 Å². The number of hydrogen-bond acceptors (Lipinski definition) is 6. The fourth-order valence-corrected chi connectivity index (χ4v) is 3.06. The van der Waals surface area contributed by atoms with E-state index in [2.05, 4.69) is 0 Å². The van der Waals surface area contributed by atoms with Crippen LogP contribution in [0.4, 0.5) is 0 Å². The zero-order valence-corrected chi connectivity index (χ0v) is 15.3. The predicted octanol–water partition coefficient (Wildman–Crippen LogP) is 3.87. The van der Waals surface area contributed by atoms with Crippen LogP contribution in [-0.4, -0.2) is 5.97 Å². The van der Waals surface area contributed by atoms with Crippen molar-refractivity contribution in [3.63, 3.8) is 0 Å². The number of aryl methyl sites for hydroxylation is 2. The molecule has 6 nitrogen and oxygen atoms in total. The molecule has 0 spiro atoms. The smallest absolute Gasteiger partial charge is 0.374 e. The molecule has 0 amide bonds. The van der Waals surface area contributed by atoms with Crippen molar-refractivity contribution in [1.82, 2.24) is 0 Å². The van der Waals surface area contributed by atoms with Crippen LogP contribution in [0.2, 0.25) is 0 Å². The molecule has 0 fully saturated rings. The van der Waals surface area contributed by atoms with Gasteiger partial charge < -0.3 is 13.6 Å². The SMILES string of the molecule is Cc1ccc2c(COC(=O)c3cc(=O)c4ccccc4o3)cc(=O)oc2c1C. The van der Waals surface area contributed by atoms with Crippen molar-refractivity contribution in [3.8, 4) is 0 Å². The fourth-order valence-electron chi connectivity index (χ4n) is 3.06. The molecule has 4 rings (SSSR count). The molecule has 0 aliphatic carbocycles. The molecule has 0 atom stereocenters. The highest BCUT2D eigenvalue weighted by molar-refractivity contribution is 5.89. The molecule has 2 heterocycles. The van der Waals surface area contributed by atoms with Gasteiger partial charge in [0.2, 0.25) is 5.76 Å². The minimum absolute atomic E-state index is 0.153. The van der Waals surface area contributed by atoms with Crippen LogP contribution in [-0.2, 0) is 11.3 Å². The molecule has 28 heavy (non-hydrogen) atoms. The summed E-state index contributed by atoms with van der Waals surface area (Å²) in [6.07, 6.45) is 0. The Morgan fingerprint density at radius 3 is 2.57 bits per heavy atom. The number of esters is 1. The third kappa shape index (κ3) is 3.09. The zero-order valence-electron chi connectivity index (χ0n) is 15.3. The van der Waals surface area contributed by atoms with Crippen LogP contribution in [0.3, 0.4) is 0 Å². The summed E-state index contributed by atoms with van der Waals surface area (Å²) in [5, 5.41) is 1.08. The monoisotopic (exact) mass is 376 g/mol. The lowest BCUT2D eigenvalue weighted by Gasteiger charge is -2.09. The maximum absolute atomic E-state index is 12.4. The Morgan fingerprint density at radius 2 is 1.75 bits per heavy atom. The van der Waals surface area contributed by atoms with E-state index in [9.17, 15) is 14.4 Å². The van der Waals surface area contributed by atoms with E-state index in [0.717, 1.165) is 17.2 Å². The molecule has 0 saturated heterocycles. The highest BCUT2D eigenvalue weighted by Crippen LogP contribution is 2.24. The summed E-state index contributed by atoms with van der Waals surface area (Å²) in [5.41, 5.74) is 2.28. The van der Waals surface area contributed by atoms with Crippen LogP contribution in [0, 0.1) is 13.8 Å². The molecule has 0 aliphatic rings. The lowest BCUT2D eigenvalue weighted by Crippen LogP contribution is -2.11. The van der Waals surface area contributed by atoms with Gasteiger partial charge in [0.25, 0.3) is 0 Å². The average Bonchev–Trinajstić information content (AvgIpc) is 2.69. The van der Waals surface area contributed by atoms with Crippen molar-refractivity contribution in [2.24, 2.45) is 0 Å². The van der Waals surface area contributed by atoms with Gasteiger partial charge in [-0.1, -0.05) is 24.3 Å². The van der Waals surface area contributed by atoms with Crippen LogP contribution in [0.5, 0.6) is 0 Å². The maximum Gasteiger partial charge on any atom is 0.374 e. The second-order valence-electron chi connectivity index (χ2n) is 6.52. The highest BCUT2D eigenvalue weighted by atomic mass is 16.5. The number of carbonyl (C=O) groups excluding carboxylic acids is 1. The van der Waals surface area contributed by atoms with Gasteiger partial charge in [0.15, 0.2) is 5.43 Å². The van der Waals surface area contributed by atoms with E-state index < -0.39 is 11.6 Å². The standard InChI is InChI=1S/C22H16O6/c1-12-7-8-15-14(9-20(24)28-21(15)13(12)2)11-26-22(25)19-10-17(23)16-5-3-4-6-18(16)27-19/h3-10H,11H2,1-2H3. The van der Waals surface area contributed by atoms with E-state index in [-0.39, 0.29) is 17.8 Å². The Labute approximate surface area is 159 Å². The van der Waals surface area contributed by atoms with Crippen molar-refractivity contribution in [3.05, 3.63) is 91.6 Å². The van der Waals surface area contributed by atoms with Gasteiger partial charge in [-0.25, -0.2) is 9.59 Å². The van der Waals surface area contributed by atoms with Gasteiger partial charge in [0.05, 0.1) is 5.39 Å². The van der Waals surface area contributed by atoms with Crippen LogP contribution >= 0.6 is 0 Å². The summed E-state index contributed by atoms with van der Waals surface area (Å²) in [7, 11) is 0. The quantitative estimate of drug-likeness (QED) is 0.398. The normalized spacial score (nSPS) is 11.1. The minimum Gasteiger partial charge on any atom is -0.455 e. The van der Waals surface area contributed by atoms with Gasteiger partial charge in [0.1, 0.15) is 17.8 Å². The highest BCUT2D eigenvalue weighted by Gasteiger charge is 2.16. The number of rotatable bonds is 3. The summed E-state index contributed by atoms with van der Waals surface area (Å²) in [6, 6.07) is 12.8. The number of hydrogen-bond donors (Lipinski definition) is 0. The number of para-hydroxylation sites is 1. The molecule has 0 bridgehead atoms. The first-order valence-corrected chi connectivity index (χ1v) is 8.67. The lowest BCUT2D eigenvalue weighted by atomic mass is 10.0. The van der Waals surface area contributed by atoms with Crippen molar-refractivity contribution >= 4 is 27.9 Å². The molecule has 0 N–H and O–H groups in total. The van der Waals surface area contributed by atoms with Gasteiger partial charge in [-0.3, -0.25) is 4.79 Å². The van der Waals surface area contributed by atoms with E-state index in [1.54, 1.807) is 24.3 Å². The Bertz CT molecular complexity index is 1340. The first kappa shape index (κ1) is 17.7. The Kier molecular flexibility index (Phi) is 4.31. The lowest BCUT2D eigenvalue weighted by molar-refractivity contribution is 0.0438. The van der Waals surface area contributed by atoms with Gasteiger partial charge >= 0.3 is 11.6 Å². The van der Waals surface area contributed by atoms with Crippen LogP contribution in [0.25, 0.3) is 21.9 Å². The Morgan fingerprint density at radius 1 is 0.964 bits per heavy atom. The first-order chi connectivity index (χ1) is 13.4. The molecule has 0 unspecified atom stereocenters.